The molecule has 44 heavy (non-hydrogen) atoms. The molecule has 0 aromatic heterocycles. The molecule has 0 saturated heterocycles. The van der Waals surface area contributed by atoms with Crippen molar-refractivity contribution in [2.24, 2.45) is 0 Å². The van der Waals surface area contributed by atoms with Crippen LogP contribution in [0.5, 0.6) is 0 Å². The van der Waals surface area contributed by atoms with Crippen LogP contribution in [-0.2, 0) is 33.2 Å². The van der Waals surface area contributed by atoms with E-state index in [1.165, 1.54) is 52.8 Å². The van der Waals surface area contributed by atoms with Crippen molar-refractivity contribution in [2.75, 3.05) is 79.7 Å². The Morgan fingerprint density at radius 3 is 1.73 bits per heavy atom. The first-order chi connectivity index (χ1) is 21.6. The molecule has 0 fully saturated rings. The van der Waals surface area contributed by atoms with E-state index in [-0.39, 0.29) is 24.6 Å². The summed E-state index contributed by atoms with van der Waals surface area (Å²) >= 11 is 0. The molecule has 0 atom stereocenters. The smallest absolute Gasteiger partial charge is 0.409 e. The van der Waals surface area contributed by atoms with Gasteiger partial charge in [-0.2, -0.15) is 0 Å². The lowest BCUT2D eigenvalue weighted by Crippen LogP contribution is -2.32. The lowest BCUT2D eigenvalue weighted by atomic mass is 9.98. The number of hydrogen-bond donors (Lipinski definition) is 0. The summed E-state index contributed by atoms with van der Waals surface area (Å²) < 4.78 is 32.9. The number of carbonyl (C=O) groups is 2. The highest BCUT2D eigenvalue weighted by Crippen LogP contribution is 2.44. The van der Waals surface area contributed by atoms with Crippen molar-refractivity contribution >= 4 is 12.1 Å². The molecule has 0 bridgehead atoms. The van der Waals surface area contributed by atoms with E-state index < -0.39 is 0 Å². The number of ether oxygens (including phenoxy) is 6. The number of unbranched alkanes of at least 4 members (excludes halogenated alkanes) is 5. The van der Waals surface area contributed by atoms with E-state index in [0.29, 0.717) is 72.4 Å². The van der Waals surface area contributed by atoms with Gasteiger partial charge in [0.15, 0.2) is 0 Å². The van der Waals surface area contributed by atoms with Gasteiger partial charge in [-0.3, -0.25) is 4.79 Å². The summed E-state index contributed by atoms with van der Waals surface area (Å²) in [7, 11) is 1.71. The largest absolute Gasteiger partial charge is 0.463 e. The van der Waals surface area contributed by atoms with Gasteiger partial charge in [0.1, 0.15) is 13.2 Å². The van der Waals surface area contributed by atoms with Crippen LogP contribution < -0.4 is 0 Å². The number of carbonyl (C=O) groups excluding carboxylic acids is 2. The first-order valence-electron chi connectivity index (χ1n) is 16.1. The molecule has 0 saturated carbocycles. The number of amides is 1. The number of esters is 1. The Morgan fingerprint density at radius 2 is 1.14 bits per heavy atom. The highest BCUT2D eigenvalue weighted by Gasteiger charge is 2.29. The molecule has 3 rings (SSSR count). The Labute approximate surface area is 263 Å². The molecule has 0 radical (unpaired) electrons. The summed E-state index contributed by atoms with van der Waals surface area (Å²) in [6.45, 7) is 6.65. The molecule has 2 aromatic rings. The van der Waals surface area contributed by atoms with E-state index in [9.17, 15) is 9.59 Å². The van der Waals surface area contributed by atoms with Gasteiger partial charge in [0.05, 0.1) is 52.9 Å². The van der Waals surface area contributed by atoms with Crippen molar-refractivity contribution in [3.05, 3.63) is 59.7 Å². The van der Waals surface area contributed by atoms with Crippen molar-refractivity contribution in [3.8, 4) is 11.1 Å². The number of fused-ring (bicyclic) bond motifs is 3. The summed E-state index contributed by atoms with van der Waals surface area (Å²) in [5.74, 6) is -0.107. The highest BCUT2D eigenvalue weighted by molar-refractivity contribution is 5.79. The first-order valence-corrected chi connectivity index (χ1v) is 16.1. The molecule has 2 aromatic carbocycles. The molecule has 0 heterocycles. The topological polar surface area (TPSA) is 92.8 Å². The third kappa shape index (κ3) is 12.9. The van der Waals surface area contributed by atoms with Gasteiger partial charge in [0.2, 0.25) is 0 Å². The Morgan fingerprint density at radius 1 is 0.636 bits per heavy atom. The van der Waals surface area contributed by atoms with Crippen LogP contribution in [0, 0.1) is 0 Å². The van der Waals surface area contributed by atoms with E-state index in [1.54, 1.807) is 7.05 Å². The van der Waals surface area contributed by atoms with Crippen molar-refractivity contribution < 1.29 is 38.0 Å². The highest BCUT2D eigenvalue weighted by atomic mass is 16.6. The van der Waals surface area contributed by atoms with Gasteiger partial charge in [-0.1, -0.05) is 87.6 Å². The quantitative estimate of drug-likeness (QED) is 0.102. The molecular formula is C35H51NO8. The van der Waals surface area contributed by atoms with Crippen molar-refractivity contribution in [3.63, 3.8) is 0 Å². The van der Waals surface area contributed by atoms with Gasteiger partial charge < -0.3 is 33.3 Å². The molecular weight excluding hydrogens is 562 g/mol. The Hall–Kier alpha value is -2.98. The average molecular weight is 614 g/mol. The second-order valence-corrected chi connectivity index (χ2v) is 10.9. The fourth-order valence-corrected chi connectivity index (χ4v) is 5.10. The van der Waals surface area contributed by atoms with E-state index >= 15 is 0 Å². The molecule has 9 heteroatoms. The van der Waals surface area contributed by atoms with Crippen LogP contribution in [0.4, 0.5) is 4.79 Å². The second-order valence-electron chi connectivity index (χ2n) is 10.9. The lowest BCUT2D eigenvalue weighted by molar-refractivity contribution is -0.145. The van der Waals surface area contributed by atoms with Gasteiger partial charge in [-0.25, -0.2) is 4.79 Å². The summed E-state index contributed by atoms with van der Waals surface area (Å²) in [5.41, 5.74) is 4.80. The zero-order valence-corrected chi connectivity index (χ0v) is 26.6. The predicted octanol–water partition coefficient (Wildman–Crippen LogP) is 6.23. The minimum absolute atomic E-state index is 0.0422. The molecule has 1 aliphatic rings. The molecule has 1 amide bonds. The maximum Gasteiger partial charge on any atom is 0.409 e. The standard InChI is InChI=1S/C35H51NO8/c1-3-4-5-6-7-8-17-34(37)43-27-26-42-25-24-41-23-22-40-21-20-39-19-18-36(2)35(38)44-28-33-31-15-11-9-13-29(31)30-14-10-12-16-32(30)33/h9-16,33H,3-8,17-28H2,1-2H3. The number of likely N-dealkylation sites (N-methyl/N-ethyl adjacent to an activating group) is 1. The van der Waals surface area contributed by atoms with E-state index in [4.69, 9.17) is 28.4 Å². The van der Waals surface area contributed by atoms with Crippen molar-refractivity contribution in [2.45, 2.75) is 57.8 Å². The molecule has 9 nitrogen and oxygen atoms in total. The van der Waals surface area contributed by atoms with Crippen LogP contribution in [0.2, 0.25) is 0 Å². The van der Waals surface area contributed by atoms with Crippen molar-refractivity contribution in [1.82, 2.24) is 4.90 Å². The fraction of sp³-hybridized carbons (Fsp3) is 0.600. The van der Waals surface area contributed by atoms with Crippen LogP contribution in [0.15, 0.2) is 48.5 Å². The zero-order valence-electron chi connectivity index (χ0n) is 26.6. The summed E-state index contributed by atoms with van der Waals surface area (Å²) in [6.07, 6.45) is 7.03. The molecule has 1 aliphatic carbocycles. The summed E-state index contributed by atoms with van der Waals surface area (Å²) in [6, 6.07) is 16.6. The molecule has 244 valence electrons. The van der Waals surface area contributed by atoms with E-state index in [1.807, 2.05) is 24.3 Å². The predicted molar refractivity (Wildman–Crippen MR) is 170 cm³/mol. The van der Waals surface area contributed by atoms with Crippen molar-refractivity contribution in [1.29, 1.82) is 0 Å². The summed E-state index contributed by atoms with van der Waals surface area (Å²) in [5, 5.41) is 0. The second kappa shape index (κ2) is 21.7. The molecule has 0 aliphatic heterocycles. The molecule has 0 spiro atoms. The zero-order chi connectivity index (χ0) is 31.2. The minimum atomic E-state index is -0.364. The lowest BCUT2D eigenvalue weighted by Gasteiger charge is -2.19. The monoisotopic (exact) mass is 613 g/mol. The van der Waals surface area contributed by atoms with Gasteiger partial charge >= 0.3 is 12.1 Å². The number of hydrogen-bond acceptors (Lipinski definition) is 8. The Bertz CT molecular complexity index is 1050. The number of rotatable bonds is 24. The normalized spacial score (nSPS) is 12.1. The van der Waals surface area contributed by atoms with E-state index in [0.717, 1.165) is 12.8 Å². The maximum atomic E-state index is 12.6. The molecule has 0 N–H and O–H groups in total. The summed E-state index contributed by atoms with van der Waals surface area (Å²) in [4.78, 5) is 25.8. The maximum absolute atomic E-state index is 12.6. The molecule has 0 unspecified atom stereocenters. The minimum Gasteiger partial charge on any atom is -0.463 e. The fourth-order valence-electron chi connectivity index (χ4n) is 5.10. The Balaban J connectivity index is 1.09. The third-order valence-electron chi connectivity index (χ3n) is 7.56. The van der Waals surface area contributed by atoms with Crippen LogP contribution in [0.1, 0.15) is 68.9 Å². The Kier molecular flexibility index (Phi) is 17.5. The van der Waals surface area contributed by atoms with Gasteiger partial charge in [0, 0.05) is 25.9 Å². The number of benzene rings is 2. The van der Waals surface area contributed by atoms with Gasteiger partial charge in [0.25, 0.3) is 0 Å². The van der Waals surface area contributed by atoms with Crippen LogP contribution in [0.3, 0.4) is 0 Å². The van der Waals surface area contributed by atoms with Crippen LogP contribution >= 0.6 is 0 Å². The SMILES string of the molecule is CCCCCCCCC(=O)OCCOCCOCCOCCOCCN(C)C(=O)OCC1c2ccccc2-c2ccccc21. The van der Waals surface area contributed by atoms with Gasteiger partial charge in [-0.05, 0) is 28.7 Å². The number of nitrogens with zero attached hydrogens (tertiary/aromatic N) is 1. The van der Waals surface area contributed by atoms with Crippen LogP contribution in [-0.4, -0.2) is 96.6 Å². The average Bonchev–Trinajstić information content (AvgIpc) is 3.36. The first kappa shape index (κ1) is 35.5. The van der Waals surface area contributed by atoms with Gasteiger partial charge in [-0.15, -0.1) is 0 Å². The van der Waals surface area contributed by atoms with Crippen LogP contribution in [0.25, 0.3) is 11.1 Å². The third-order valence-corrected chi connectivity index (χ3v) is 7.56. The van der Waals surface area contributed by atoms with E-state index in [2.05, 4.69) is 31.2 Å².